The van der Waals surface area contributed by atoms with Crippen molar-refractivity contribution < 1.29 is 14.3 Å². The molecule has 172 valence electrons. The minimum atomic E-state index is -0.192. The average molecular weight is 453 g/mol. The summed E-state index contributed by atoms with van der Waals surface area (Å²) < 4.78 is 11.6. The highest BCUT2D eigenvalue weighted by atomic mass is 16.5. The molecule has 4 aromatic carbocycles. The van der Waals surface area contributed by atoms with Crippen LogP contribution in [0.1, 0.15) is 29.2 Å². The van der Waals surface area contributed by atoms with E-state index < -0.39 is 0 Å². The van der Waals surface area contributed by atoms with Crippen LogP contribution in [-0.4, -0.2) is 18.7 Å². The molecular formula is C29H28N2O3. The van der Waals surface area contributed by atoms with E-state index in [1.807, 2.05) is 67.6 Å². The van der Waals surface area contributed by atoms with Gasteiger partial charge in [-0.2, -0.15) is 5.10 Å². The van der Waals surface area contributed by atoms with Gasteiger partial charge in [0.2, 0.25) is 5.91 Å². The average Bonchev–Trinajstić information content (AvgIpc) is 2.85. The molecule has 0 aliphatic heterocycles. The lowest BCUT2D eigenvalue weighted by Crippen LogP contribution is -2.19. The Morgan fingerprint density at radius 2 is 1.62 bits per heavy atom. The minimum Gasteiger partial charge on any atom is -0.494 e. The van der Waals surface area contributed by atoms with Gasteiger partial charge in [-0.05, 0) is 53.9 Å². The number of hydrazone groups is 1. The molecule has 0 unspecified atom stereocenters. The summed E-state index contributed by atoms with van der Waals surface area (Å²) in [5.74, 6) is 1.31. The van der Waals surface area contributed by atoms with E-state index in [-0.39, 0.29) is 12.3 Å². The number of benzene rings is 4. The first-order valence-electron chi connectivity index (χ1n) is 11.4. The van der Waals surface area contributed by atoms with Gasteiger partial charge in [0.1, 0.15) is 18.1 Å². The third-order valence-electron chi connectivity index (χ3n) is 5.43. The van der Waals surface area contributed by atoms with Crippen molar-refractivity contribution in [3.8, 4) is 11.5 Å². The summed E-state index contributed by atoms with van der Waals surface area (Å²) in [6.45, 7) is 5.06. The van der Waals surface area contributed by atoms with Gasteiger partial charge in [0.15, 0.2) is 0 Å². The molecule has 0 aliphatic carbocycles. The zero-order valence-electron chi connectivity index (χ0n) is 19.5. The van der Waals surface area contributed by atoms with Crippen LogP contribution >= 0.6 is 0 Å². The Labute approximate surface area is 200 Å². The number of nitrogens with zero attached hydrogens (tertiary/aromatic N) is 1. The van der Waals surface area contributed by atoms with Gasteiger partial charge >= 0.3 is 0 Å². The standard InChI is InChI=1S/C29H28N2O3/c1-3-33-25-15-12-22(13-16-25)18-29(32)31-30-19-27-26-7-5-4-6-24(26)14-17-28(27)34-20-23-10-8-21(2)9-11-23/h4-17,19H,3,18,20H2,1-2H3,(H,31,32)/b30-19-. The molecule has 0 spiro atoms. The fraction of sp³-hybridized carbons (Fsp3) is 0.172. The third-order valence-corrected chi connectivity index (χ3v) is 5.43. The molecule has 0 radical (unpaired) electrons. The summed E-state index contributed by atoms with van der Waals surface area (Å²) in [6, 6.07) is 27.8. The molecule has 1 amide bonds. The van der Waals surface area contributed by atoms with Crippen LogP contribution in [0.5, 0.6) is 11.5 Å². The summed E-state index contributed by atoms with van der Waals surface area (Å²) in [5, 5.41) is 6.32. The SMILES string of the molecule is CCOc1ccc(CC(=O)N/N=C\c2c(OCc3ccc(C)cc3)ccc3ccccc23)cc1. The molecule has 34 heavy (non-hydrogen) atoms. The normalized spacial score (nSPS) is 11.0. The molecule has 4 rings (SSSR count). The molecule has 0 aromatic heterocycles. The number of rotatable bonds is 9. The number of carbonyl (C=O) groups is 1. The summed E-state index contributed by atoms with van der Waals surface area (Å²) in [5.41, 5.74) is 6.65. The maximum absolute atomic E-state index is 12.4. The molecule has 0 saturated carbocycles. The molecule has 0 atom stereocenters. The monoisotopic (exact) mass is 452 g/mol. The van der Waals surface area contributed by atoms with Crippen LogP contribution < -0.4 is 14.9 Å². The number of amides is 1. The van der Waals surface area contributed by atoms with E-state index in [0.29, 0.717) is 19.0 Å². The largest absolute Gasteiger partial charge is 0.494 e. The number of carbonyl (C=O) groups excluding carboxylic acids is 1. The zero-order chi connectivity index (χ0) is 23.8. The summed E-state index contributed by atoms with van der Waals surface area (Å²) in [4.78, 5) is 12.4. The van der Waals surface area contributed by atoms with E-state index in [9.17, 15) is 4.79 Å². The second kappa shape index (κ2) is 11.1. The highest BCUT2D eigenvalue weighted by Crippen LogP contribution is 2.27. The third kappa shape index (κ3) is 6.01. The van der Waals surface area contributed by atoms with Gasteiger partial charge in [-0.1, -0.05) is 72.3 Å². The van der Waals surface area contributed by atoms with E-state index >= 15 is 0 Å². The first-order chi connectivity index (χ1) is 16.6. The van der Waals surface area contributed by atoms with E-state index in [0.717, 1.165) is 33.2 Å². The van der Waals surface area contributed by atoms with Crippen LogP contribution in [0.25, 0.3) is 10.8 Å². The molecule has 0 heterocycles. The summed E-state index contributed by atoms with van der Waals surface area (Å²) in [6.07, 6.45) is 1.89. The number of aryl methyl sites for hydroxylation is 1. The number of nitrogens with one attached hydrogen (secondary N) is 1. The Morgan fingerprint density at radius 1 is 0.882 bits per heavy atom. The van der Waals surface area contributed by atoms with E-state index in [1.54, 1.807) is 6.21 Å². The molecule has 5 heteroatoms. The zero-order valence-corrected chi connectivity index (χ0v) is 19.5. The fourth-order valence-electron chi connectivity index (χ4n) is 3.64. The molecule has 0 bridgehead atoms. The van der Waals surface area contributed by atoms with Crippen molar-refractivity contribution in [2.45, 2.75) is 26.9 Å². The lowest BCUT2D eigenvalue weighted by atomic mass is 10.0. The van der Waals surface area contributed by atoms with Gasteiger partial charge in [0, 0.05) is 5.56 Å². The van der Waals surface area contributed by atoms with Crippen LogP contribution in [0.4, 0.5) is 0 Å². The molecule has 0 aliphatic rings. The van der Waals surface area contributed by atoms with Gasteiger partial charge in [-0.3, -0.25) is 4.79 Å². The predicted octanol–water partition coefficient (Wildman–Crippen LogP) is 5.82. The van der Waals surface area contributed by atoms with Crippen molar-refractivity contribution in [2.24, 2.45) is 5.10 Å². The van der Waals surface area contributed by atoms with Crippen LogP contribution in [0.2, 0.25) is 0 Å². The van der Waals surface area contributed by atoms with Crippen molar-refractivity contribution in [1.82, 2.24) is 5.43 Å². The second-order valence-electron chi connectivity index (χ2n) is 8.02. The van der Waals surface area contributed by atoms with Gasteiger partial charge in [0.25, 0.3) is 0 Å². The number of ether oxygens (including phenoxy) is 2. The minimum absolute atomic E-state index is 0.192. The van der Waals surface area contributed by atoms with E-state index in [4.69, 9.17) is 9.47 Å². The maximum Gasteiger partial charge on any atom is 0.244 e. The fourth-order valence-corrected chi connectivity index (χ4v) is 3.64. The maximum atomic E-state index is 12.4. The number of hydrogen-bond donors (Lipinski definition) is 1. The van der Waals surface area contributed by atoms with Gasteiger partial charge in [-0.25, -0.2) is 5.43 Å². The van der Waals surface area contributed by atoms with Crippen LogP contribution in [-0.2, 0) is 17.8 Å². The quantitative estimate of drug-likeness (QED) is 0.257. The van der Waals surface area contributed by atoms with Gasteiger partial charge in [-0.15, -0.1) is 0 Å². The smallest absolute Gasteiger partial charge is 0.244 e. The first kappa shape index (κ1) is 23.1. The van der Waals surface area contributed by atoms with Crippen molar-refractivity contribution in [1.29, 1.82) is 0 Å². The lowest BCUT2D eigenvalue weighted by molar-refractivity contribution is -0.120. The van der Waals surface area contributed by atoms with Crippen molar-refractivity contribution in [2.75, 3.05) is 6.61 Å². The number of fused-ring (bicyclic) bond motifs is 1. The molecule has 4 aromatic rings. The van der Waals surface area contributed by atoms with Crippen molar-refractivity contribution >= 4 is 22.9 Å². The van der Waals surface area contributed by atoms with Crippen molar-refractivity contribution in [3.63, 3.8) is 0 Å². The highest BCUT2D eigenvalue weighted by molar-refractivity contribution is 6.02. The second-order valence-corrected chi connectivity index (χ2v) is 8.02. The lowest BCUT2D eigenvalue weighted by Gasteiger charge is -2.12. The van der Waals surface area contributed by atoms with E-state index in [1.165, 1.54) is 5.56 Å². The Bertz CT molecular complexity index is 1280. The van der Waals surface area contributed by atoms with Gasteiger partial charge < -0.3 is 9.47 Å². The van der Waals surface area contributed by atoms with Crippen LogP contribution in [0, 0.1) is 6.92 Å². The van der Waals surface area contributed by atoms with Crippen molar-refractivity contribution in [3.05, 3.63) is 107 Å². The van der Waals surface area contributed by atoms with Crippen LogP contribution in [0.3, 0.4) is 0 Å². The topological polar surface area (TPSA) is 59.9 Å². The van der Waals surface area contributed by atoms with E-state index in [2.05, 4.69) is 41.7 Å². The first-order valence-corrected chi connectivity index (χ1v) is 11.4. The Morgan fingerprint density at radius 3 is 2.38 bits per heavy atom. The Kier molecular flexibility index (Phi) is 7.56. The molecule has 0 fully saturated rings. The summed E-state index contributed by atoms with van der Waals surface area (Å²) in [7, 11) is 0. The molecule has 1 N–H and O–H groups in total. The van der Waals surface area contributed by atoms with Crippen LogP contribution in [0.15, 0.2) is 90.0 Å². The summed E-state index contributed by atoms with van der Waals surface area (Å²) >= 11 is 0. The number of hydrogen-bond acceptors (Lipinski definition) is 4. The highest BCUT2D eigenvalue weighted by Gasteiger charge is 2.09. The Balaban J connectivity index is 1.47. The Hall–Kier alpha value is -4.12. The molecule has 5 nitrogen and oxygen atoms in total. The molecular weight excluding hydrogens is 424 g/mol. The van der Waals surface area contributed by atoms with Gasteiger partial charge in [0.05, 0.1) is 19.2 Å². The molecule has 0 saturated heterocycles. The predicted molar refractivity (Wildman–Crippen MR) is 137 cm³/mol.